The minimum atomic E-state index is -3.38. The molecule has 1 aliphatic rings. The Kier molecular flexibility index (Phi) is 3.69. The van der Waals surface area contributed by atoms with Crippen LogP contribution in [0.15, 0.2) is 29.2 Å². The summed E-state index contributed by atoms with van der Waals surface area (Å²) in [4.78, 5) is 0.276. The summed E-state index contributed by atoms with van der Waals surface area (Å²) in [6.45, 7) is 3.29. The normalized spacial score (nSPS) is 20.8. The molecule has 1 aromatic rings. The first-order chi connectivity index (χ1) is 8.57. The summed E-state index contributed by atoms with van der Waals surface area (Å²) in [5.74, 6) is 0.471. The average Bonchev–Trinajstić information content (AvgIpc) is 2.88. The lowest BCUT2D eigenvalue weighted by atomic mass is 10.1. The fourth-order valence-electron chi connectivity index (χ4n) is 2.20. The highest BCUT2D eigenvalue weighted by molar-refractivity contribution is 7.89. The third kappa shape index (κ3) is 2.40. The van der Waals surface area contributed by atoms with Gasteiger partial charge < -0.3 is 0 Å². The number of nitriles is 1. The van der Waals surface area contributed by atoms with E-state index in [1.165, 1.54) is 12.1 Å². The van der Waals surface area contributed by atoms with Crippen LogP contribution < -0.4 is 0 Å². The molecule has 1 saturated heterocycles. The molecule has 0 amide bonds. The van der Waals surface area contributed by atoms with Crippen molar-refractivity contribution >= 4 is 10.0 Å². The quantitative estimate of drug-likeness (QED) is 0.838. The average molecular weight is 264 g/mol. The lowest BCUT2D eigenvalue weighted by molar-refractivity contribution is 0.453. The Bertz CT molecular complexity index is 558. The van der Waals surface area contributed by atoms with E-state index in [2.05, 4.69) is 6.92 Å². The number of benzene rings is 1. The van der Waals surface area contributed by atoms with Gasteiger partial charge in [0.05, 0.1) is 16.5 Å². The van der Waals surface area contributed by atoms with Gasteiger partial charge in [-0.1, -0.05) is 13.3 Å². The van der Waals surface area contributed by atoms with Crippen molar-refractivity contribution in [3.63, 3.8) is 0 Å². The second-order valence-corrected chi connectivity index (χ2v) is 6.50. The summed E-state index contributed by atoms with van der Waals surface area (Å²) < 4.78 is 26.2. The molecule has 1 heterocycles. The van der Waals surface area contributed by atoms with E-state index in [4.69, 9.17) is 5.26 Å². The maximum Gasteiger partial charge on any atom is 0.243 e. The molecule has 5 heteroatoms. The predicted octanol–water partition coefficient (Wildman–Crippen LogP) is 1.98. The van der Waals surface area contributed by atoms with Crippen LogP contribution >= 0.6 is 0 Å². The third-order valence-electron chi connectivity index (χ3n) is 3.45. The molecule has 0 radical (unpaired) electrons. The van der Waals surface area contributed by atoms with Crippen LogP contribution in [0, 0.1) is 17.2 Å². The molecular weight excluding hydrogens is 248 g/mol. The summed E-state index contributed by atoms with van der Waals surface area (Å²) in [6, 6.07) is 8.08. The zero-order valence-electron chi connectivity index (χ0n) is 10.3. The molecular formula is C13H16N2O2S. The summed E-state index contributed by atoms with van der Waals surface area (Å²) in [5, 5.41) is 8.70. The molecule has 0 aromatic heterocycles. The fraction of sp³-hybridized carbons (Fsp3) is 0.462. The highest BCUT2D eigenvalue weighted by Gasteiger charge is 2.31. The molecule has 0 saturated carbocycles. The first-order valence-corrected chi connectivity index (χ1v) is 7.52. The molecule has 1 atom stereocenters. The van der Waals surface area contributed by atoms with Crippen LogP contribution in [0.5, 0.6) is 0 Å². The molecule has 96 valence electrons. The van der Waals surface area contributed by atoms with Crippen molar-refractivity contribution in [2.45, 2.75) is 24.7 Å². The molecule has 1 fully saturated rings. The number of nitrogens with zero attached hydrogens (tertiary/aromatic N) is 2. The van der Waals surface area contributed by atoms with Gasteiger partial charge in [0.15, 0.2) is 0 Å². The van der Waals surface area contributed by atoms with E-state index in [1.807, 2.05) is 6.07 Å². The van der Waals surface area contributed by atoms with Gasteiger partial charge in [0.25, 0.3) is 0 Å². The summed E-state index contributed by atoms with van der Waals surface area (Å²) in [6.07, 6.45) is 1.95. The van der Waals surface area contributed by atoms with Gasteiger partial charge in [0.2, 0.25) is 10.0 Å². The molecule has 0 bridgehead atoms. The summed E-state index contributed by atoms with van der Waals surface area (Å²) in [7, 11) is -3.38. The first-order valence-electron chi connectivity index (χ1n) is 6.08. The maximum absolute atomic E-state index is 12.3. The van der Waals surface area contributed by atoms with E-state index in [0.717, 1.165) is 12.8 Å². The molecule has 4 nitrogen and oxygen atoms in total. The fourth-order valence-corrected chi connectivity index (χ4v) is 3.73. The Morgan fingerprint density at radius 3 is 2.56 bits per heavy atom. The van der Waals surface area contributed by atoms with Gasteiger partial charge in [-0.05, 0) is 36.6 Å². The standard InChI is InChI=1S/C13H16N2O2S/c1-2-11-7-8-15(10-11)18(16,17)13-5-3-12(9-14)4-6-13/h3-6,11H,2,7-8,10H2,1H3. The largest absolute Gasteiger partial charge is 0.243 e. The topological polar surface area (TPSA) is 61.2 Å². The van der Waals surface area contributed by atoms with Crippen molar-refractivity contribution in [2.24, 2.45) is 5.92 Å². The maximum atomic E-state index is 12.3. The van der Waals surface area contributed by atoms with Gasteiger partial charge >= 0.3 is 0 Å². The lowest BCUT2D eigenvalue weighted by Crippen LogP contribution is -2.28. The van der Waals surface area contributed by atoms with Crippen molar-refractivity contribution in [3.8, 4) is 6.07 Å². The van der Waals surface area contributed by atoms with E-state index in [1.54, 1.807) is 16.4 Å². The van der Waals surface area contributed by atoms with Crippen LogP contribution in [-0.2, 0) is 10.0 Å². The van der Waals surface area contributed by atoms with Crippen molar-refractivity contribution in [1.82, 2.24) is 4.31 Å². The zero-order valence-corrected chi connectivity index (χ0v) is 11.2. The Labute approximate surface area is 108 Å². The highest BCUT2D eigenvalue weighted by Crippen LogP contribution is 2.25. The Morgan fingerprint density at radius 2 is 2.06 bits per heavy atom. The van der Waals surface area contributed by atoms with Crippen molar-refractivity contribution in [2.75, 3.05) is 13.1 Å². The van der Waals surface area contributed by atoms with Crippen LogP contribution in [-0.4, -0.2) is 25.8 Å². The Morgan fingerprint density at radius 1 is 1.39 bits per heavy atom. The second-order valence-electron chi connectivity index (χ2n) is 4.56. The first kappa shape index (κ1) is 13.1. The summed E-state index contributed by atoms with van der Waals surface area (Å²) in [5.41, 5.74) is 0.474. The van der Waals surface area contributed by atoms with Gasteiger partial charge in [-0.15, -0.1) is 0 Å². The van der Waals surface area contributed by atoms with Crippen molar-refractivity contribution in [1.29, 1.82) is 5.26 Å². The van der Waals surface area contributed by atoms with Crippen LogP contribution in [0.25, 0.3) is 0 Å². The highest BCUT2D eigenvalue weighted by atomic mass is 32.2. The lowest BCUT2D eigenvalue weighted by Gasteiger charge is -2.16. The van der Waals surface area contributed by atoms with Gasteiger partial charge in [0.1, 0.15) is 0 Å². The van der Waals surface area contributed by atoms with E-state index in [-0.39, 0.29) is 4.90 Å². The minimum Gasteiger partial charge on any atom is -0.207 e. The van der Waals surface area contributed by atoms with Gasteiger partial charge in [-0.25, -0.2) is 8.42 Å². The molecule has 1 aliphatic heterocycles. The number of hydrogen-bond donors (Lipinski definition) is 0. The van der Waals surface area contributed by atoms with Crippen molar-refractivity contribution in [3.05, 3.63) is 29.8 Å². The Balaban J connectivity index is 2.23. The monoisotopic (exact) mass is 264 g/mol. The molecule has 0 N–H and O–H groups in total. The Hall–Kier alpha value is -1.38. The van der Waals surface area contributed by atoms with E-state index in [0.29, 0.717) is 24.6 Å². The second kappa shape index (κ2) is 5.09. The SMILES string of the molecule is CCC1CCN(S(=O)(=O)c2ccc(C#N)cc2)C1. The van der Waals surface area contributed by atoms with Crippen LogP contribution in [0.1, 0.15) is 25.3 Å². The van der Waals surface area contributed by atoms with Crippen LogP contribution in [0.3, 0.4) is 0 Å². The van der Waals surface area contributed by atoms with E-state index < -0.39 is 10.0 Å². The number of sulfonamides is 1. The third-order valence-corrected chi connectivity index (χ3v) is 5.33. The summed E-state index contributed by atoms with van der Waals surface area (Å²) >= 11 is 0. The minimum absolute atomic E-state index is 0.276. The molecule has 0 spiro atoms. The predicted molar refractivity (Wildman–Crippen MR) is 68.3 cm³/mol. The molecule has 18 heavy (non-hydrogen) atoms. The van der Waals surface area contributed by atoms with Crippen molar-refractivity contribution < 1.29 is 8.42 Å². The molecule has 2 rings (SSSR count). The van der Waals surface area contributed by atoms with E-state index >= 15 is 0 Å². The van der Waals surface area contributed by atoms with Gasteiger partial charge in [-0.3, -0.25) is 0 Å². The molecule has 1 aromatic carbocycles. The molecule has 0 aliphatic carbocycles. The van der Waals surface area contributed by atoms with Crippen LogP contribution in [0.4, 0.5) is 0 Å². The van der Waals surface area contributed by atoms with E-state index in [9.17, 15) is 8.42 Å². The van der Waals surface area contributed by atoms with Crippen LogP contribution in [0.2, 0.25) is 0 Å². The molecule has 1 unspecified atom stereocenters. The number of hydrogen-bond acceptors (Lipinski definition) is 3. The smallest absolute Gasteiger partial charge is 0.207 e. The zero-order chi connectivity index (χ0) is 13.2. The van der Waals surface area contributed by atoms with Gasteiger partial charge in [0, 0.05) is 13.1 Å². The van der Waals surface area contributed by atoms with Gasteiger partial charge in [-0.2, -0.15) is 9.57 Å². The number of rotatable bonds is 3.